The summed E-state index contributed by atoms with van der Waals surface area (Å²) in [5.41, 5.74) is 0. The minimum atomic E-state index is -0.0380. The molecule has 3 rings (SSSR count). The van der Waals surface area contributed by atoms with Gasteiger partial charge >= 0.3 is 5.97 Å². The van der Waals surface area contributed by atoms with E-state index < -0.39 is 0 Å². The molecular weight excluding hydrogens is 132 g/mol. The van der Waals surface area contributed by atoms with Crippen molar-refractivity contribution in [3.63, 3.8) is 0 Å². The van der Waals surface area contributed by atoms with Gasteiger partial charge in [0.1, 0.15) is 12.2 Å². The first kappa shape index (κ1) is 5.13. The second-order valence-corrected chi connectivity index (χ2v) is 3.29. The molecule has 3 aliphatic rings. The van der Waals surface area contributed by atoms with Crippen LogP contribution in [0.4, 0.5) is 0 Å². The van der Waals surface area contributed by atoms with Gasteiger partial charge in [-0.1, -0.05) is 0 Å². The Kier molecular flexibility index (Phi) is 0.703. The second kappa shape index (κ2) is 1.37. The quantitative estimate of drug-likeness (QED) is 0.353. The standard InChI is InChI=1S/C7H8O3/c8-5-2-3-1-4-7(9-4)6(3)10-5/h3-4,6-7H,1-2H2/t3-,4+,6+,7+/m1/s1. The van der Waals surface area contributed by atoms with Crippen molar-refractivity contribution in [3.05, 3.63) is 0 Å². The molecule has 1 saturated carbocycles. The Hall–Kier alpha value is -0.570. The minimum absolute atomic E-state index is 0.0380. The Balaban J connectivity index is 1.88. The molecule has 3 heteroatoms. The first-order chi connectivity index (χ1) is 4.84. The van der Waals surface area contributed by atoms with E-state index in [1.807, 2.05) is 0 Å². The van der Waals surface area contributed by atoms with Crippen molar-refractivity contribution < 1.29 is 14.3 Å². The van der Waals surface area contributed by atoms with Gasteiger partial charge < -0.3 is 9.47 Å². The highest BCUT2D eigenvalue weighted by Gasteiger charge is 2.60. The molecule has 2 heterocycles. The van der Waals surface area contributed by atoms with E-state index in [-0.39, 0.29) is 18.2 Å². The third kappa shape index (κ3) is 0.475. The fourth-order valence-electron chi connectivity index (χ4n) is 2.11. The van der Waals surface area contributed by atoms with Gasteiger partial charge in [-0.25, -0.2) is 0 Å². The van der Waals surface area contributed by atoms with E-state index in [4.69, 9.17) is 9.47 Å². The molecule has 0 aromatic heterocycles. The molecule has 0 bridgehead atoms. The summed E-state index contributed by atoms with van der Waals surface area (Å²) in [6, 6.07) is 0. The lowest BCUT2D eigenvalue weighted by Gasteiger charge is -2.07. The van der Waals surface area contributed by atoms with Gasteiger partial charge in [0.05, 0.1) is 12.5 Å². The van der Waals surface area contributed by atoms with Crippen molar-refractivity contribution in [2.24, 2.45) is 5.92 Å². The van der Waals surface area contributed by atoms with Crippen molar-refractivity contribution in [2.75, 3.05) is 0 Å². The summed E-state index contributed by atoms with van der Waals surface area (Å²) in [5, 5.41) is 0. The summed E-state index contributed by atoms with van der Waals surface area (Å²) in [6.07, 6.45) is 2.50. The highest BCUT2D eigenvalue weighted by molar-refractivity contribution is 5.72. The smallest absolute Gasteiger partial charge is 0.306 e. The van der Waals surface area contributed by atoms with Gasteiger partial charge in [-0.3, -0.25) is 4.79 Å². The van der Waals surface area contributed by atoms with E-state index in [1.165, 1.54) is 0 Å². The fourth-order valence-corrected chi connectivity index (χ4v) is 2.11. The molecule has 2 aliphatic heterocycles. The van der Waals surface area contributed by atoms with Gasteiger partial charge in [0.25, 0.3) is 0 Å². The van der Waals surface area contributed by atoms with Gasteiger partial charge in [0.15, 0.2) is 0 Å². The first-order valence-corrected chi connectivity index (χ1v) is 3.69. The van der Waals surface area contributed by atoms with Gasteiger partial charge in [0, 0.05) is 5.92 Å². The van der Waals surface area contributed by atoms with Crippen LogP contribution in [0.25, 0.3) is 0 Å². The molecule has 0 N–H and O–H groups in total. The molecule has 0 unspecified atom stereocenters. The highest BCUT2D eigenvalue weighted by atomic mass is 16.6. The van der Waals surface area contributed by atoms with Gasteiger partial charge in [0.2, 0.25) is 0 Å². The summed E-state index contributed by atoms with van der Waals surface area (Å²) < 4.78 is 10.3. The average molecular weight is 140 g/mol. The SMILES string of the molecule is O=C1C[C@H]2C[C@@H]3O[C@@H]3[C@H]2O1. The lowest BCUT2D eigenvalue weighted by atomic mass is 10.0. The van der Waals surface area contributed by atoms with Gasteiger partial charge in [-0.2, -0.15) is 0 Å². The topological polar surface area (TPSA) is 38.8 Å². The van der Waals surface area contributed by atoms with Crippen LogP contribution >= 0.6 is 0 Å². The van der Waals surface area contributed by atoms with Crippen LogP contribution in [0.1, 0.15) is 12.8 Å². The predicted octanol–water partition coefficient (Wildman–Crippen LogP) is 0.0892. The fraction of sp³-hybridized carbons (Fsp3) is 0.857. The number of epoxide rings is 1. The van der Waals surface area contributed by atoms with Crippen LogP contribution in [0.2, 0.25) is 0 Å². The monoisotopic (exact) mass is 140 g/mol. The third-order valence-electron chi connectivity index (χ3n) is 2.64. The van der Waals surface area contributed by atoms with Crippen LogP contribution in [-0.4, -0.2) is 24.3 Å². The molecular formula is C7H8O3. The number of fused-ring (bicyclic) bond motifs is 3. The van der Waals surface area contributed by atoms with Crippen LogP contribution in [0, 0.1) is 5.92 Å². The van der Waals surface area contributed by atoms with E-state index in [9.17, 15) is 4.79 Å². The summed E-state index contributed by atoms with van der Waals surface area (Å²) in [6.45, 7) is 0. The van der Waals surface area contributed by atoms with Crippen LogP contribution in [0.15, 0.2) is 0 Å². The maximum atomic E-state index is 10.7. The number of hydrogen-bond donors (Lipinski definition) is 0. The third-order valence-corrected chi connectivity index (χ3v) is 2.64. The van der Waals surface area contributed by atoms with Crippen LogP contribution in [0.5, 0.6) is 0 Å². The van der Waals surface area contributed by atoms with E-state index in [1.54, 1.807) is 0 Å². The molecule has 3 fully saturated rings. The Morgan fingerprint density at radius 1 is 1.40 bits per heavy atom. The molecule has 0 aromatic rings. The average Bonchev–Trinajstić information content (AvgIpc) is 2.40. The van der Waals surface area contributed by atoms with Crippen molar-refractivity contribution in [3.8, 4) is 0 Å². The maximum Gasteiger partial charge on any atom is 0.306 e. The lowest BCUT2D eigenvalue weighted by molar-refractivity contribution is -0.142. The summed E-state index contributed by atoms with van der Waals surface area (Å²) in [4.78, 5) is 10.7. The van der Waals surface area contributed by atoms with Crippen LogP contribution in [0.3, 0.4) is 0 Å². The molecule has 4 atom stereocenters. The van der Waals surface area contributed by atoms with Crippen LogP contribution in [-0.2, 0) is 14.3 Å². The maximum absolute atomic E-state index is 10.7. The molecule has 0 spiro atoms. The molecule has 3 nitrogen and oxygen atoms in total. The first-order valence-electron chi connectivity index (χ1n) is 3.69. The Labute approximate surface area is 58.3 Å². The molecule has 10 heavy (non-hydrogen) atoms. The zero-order valence-corrected chi connectivity index (χ0v) is 5.45. The Bertz CT molecular complexity index is 201. The number of esters is 1. The minimum Gasteiger partial charge on any atom is -0.459 e. The van der Waals surface area contributed by atoms with Gasteiger partial charge in [-0.05, 0) is 6.42 Å². The Morgan fingerprint density at radius 2 is 2.30 bits per heavy atom. The number of ether oxygens (including phenoxy) is 2. The zero-order chi connectivity index (χ0) is 6.72. The molecule has 0 aromatic carbocycles. The molecule has 54 valence electrons. The number of rotatable bonds is 0. The lowest BCUT2D eigenvalue weighted by Crippen LogP contribution is -2.16. The zero-order valence-electron chi connectivity index (χ0n) is 5.45. The van der Waals surface area contributed by atoms with E-state index >= 15 is 0 Å². The summed E-state index contributed by atoms with van der Waals surface area (Å²) >= 11 is 0. The molecule has 1 aliphatic carbocycles. The van der Waals surface area contributed by atoms with Crippen molar-refractivity contribution in [1.29, 1.82) is 0 Å². The highest BCUT2D eigenvalue weighted by Crippen LogP contribution is 2.48. The molecule has 2 saturated heterocycles. The number of carbonyl (C=O) groups is 1. The second-order valence-electron chi connectivity index (χ2n) is 3.29. The number of carbonyl (C=O) groups excluding carboxylic acids is 1. The van der Waals surface area contributed by atoms with E-state index in [0.29, 0.717) is 18.4 Å². The van der Waals surface area contributed by atoms with Crippen molar-refractivity contribution in [2.45, 2.75) is 31.2 Å². The van der Waals surface area contributed by atoms with Crippen molar-refractivity contribution in [1.82, 2.24) is 0 Å². The largest absolute Gasteiger partial charge is 0.459 e. The number of hydrogen-bond acceptors (Lipinski definition) is 3. The molecule has 0 radical (unpaired) electrons. The Morgan fingerprint density at radius 3 is 3.10 bits per heavy atom. The van der Waals surface area contributed by atoms with E-state index in [2.05, 4.69) is 0 Å². The summed E-state index contributed by atoms with van der Waals surface area (Å²) in [7, 11) is 0. The van der Waals surface area contributed by atoms with Gasteiger partial charge in [-0.15, -0.1) is 0 Å². The van der Waals surface area contributed by atoms with Crippen LogP contribution < -0.4 is 0 Å². The van der Waals surface area contributed by atoms with Crippen molar-refractivity contribution >= 4 is 5.97 Å². The van der Waals surface area contributed by atoms with E-state index in [0.717, 1.165) is 6.42 Å². The molecule has 0 amide bonds. The normalized spacial score (nSPS) is 55.8. The summed E-state index contributed by atoms with van der Waals surface area (Å²) in [5.74, 6) is 0.445. The predicted molar refractivity (Wildman–Crippen MR) is 31.3 cm³/mol.